The Kier molecular flexibility index (Phi) is 4.26. The lowest BCUT2D eigenvalue weighted by Crippen LogP contribution is -2.38. The second kappa shape index (κ2) is 5.90. The summed E-state index contributed by atoms with van der Waals surface area (Å²) in [6.07, 6.45) is 1.98. The molecule has 0 N–H and O–H groups in total. The van der Waals surface area contributed by atoms with Crippen LogP contribution in [-0.4, -0.2) is 48.5 Å². The molecule has 0 radical (unpaired) electrons. The van der Waals surface area contributed by atoms with Crippen molar-refractivity contribution in [3.05, 3.63) is 24.3 Å². The first kappa shape index (κ1) is 15.9. The Labute approximate surface area is 138 Å². The molecule has 0 bridgehead atoms. The average Bonchev–Trinajstić information content (AvgIpc) is 2.89. The quantitative estimate of drug-likeness (QED) is 0.756. The van der Waals surface area contributed by atoms with Crippen molar-refractivity contribution in [1.82, 2.24) is 0 Å². The topological polar surface area (TPSA) is 66.8 Å². The van der Waals surface area contributed by atoms with Gasteiger partial charge in [0.1, 0.15) is 0 Å². The van der Waals surface area contributed by atoms with Crippen LogP contribution in [0.1, 0.15) is 6.92 Å². The first-order chi connectivity index (χ1) is 10.4. The number of para-hydroxylation sites is 1. The second-order valence-electron chi connectivity index (χ2n) is 5.26. The number of aliphatic imine (C=N–C) groups is 1. The van der Waals surface area contributed by atoms with E-state index in [-0.39, 0.29) is 28.7 Å². The molecule has 0 spiro atoms. The highest BCUT2D eigenvalue weighted by Crippen LogP contribution is 2.43. The molecule has 5 nitrogen and oxygen atoms in total. The molecule has 2 saturated heterocycles. The molecule has 2 fully saturated rings. The van der Waals surface area contributed by atoms with E-state index in [1.54, 1.807) is 11.8 Å². The number of hydrogen-bond acceptors (Lipinski definition) is 5. The predicted octanol–water partition coefficient (Wildman–Crippen LogP) is 2.03. The fourth-order valence-corrected chi connectivity index (χ4v) is 7.35. The largest absolute Gasteiger partial charge is 0.314 e. The lowest BCUT2D eigenvalue weighted by atomic mass is 10.2. The molecule has 2 atom stereocenters. The van der Waals surface area contributed by atoms with Gasteiger partial charge < -0.3 is 4.90 Å². The maximum atomic E-state index is 12.0. The zero-order valence-corrected chi connectivity index (χ0v) is 14.7. The number of carbonyl (C=O) groups is 1. The Bertz CT molecular complexity index is 745. The molecule has 0 saturated carbocycles. The summed E-state index contributed by atoms with van der Waals surface area (Å²) in [4.78, 5) is 18.5. The van der Waals surface area contributed by atoms with Gasteiger partial charge in [-0.25, -0.2) is 8.42 Å². The van der Waals surface area contributed by atoms with Crippen molar-refractivity contribution in [2.75, 3.05) is 22.7 Å². The van der Waals surface area contributed by atoms with E-state index in [9.17, 15) is 13.2 Å². The number of fused-ring (bicyclic) bond motifs is 1. The minimum atomic E-state index is -3.03. The summed E-state index contributed by atoms with van der Waals surface area (Å²) in [5.74, 6) is -0.00132. The van der Waals surface area contributed by atoms with Crippen molar-refractivity contribution in [2.45, 2.75) is 23.1 Å². The van der Waals surface area contributed by atoms with E-state index in [1.807, 2.05) is 35.4 Å². The van der Waals surface area contributed by atoms with Crippen molar-refractivity contribution in [3.63, 3.8) is 0 Å². The molecule has 8 heteroatoms. The van der Waals surface area contributed by atoms with Crippen molar-refractivity contribution < 1.29 is 13.2 Å². The number of hydrogen-bond donors (Lipinski definition) is 0. The van der Waals surface area contributed by atoms with Crippen molar-refractivity contribution in [3.8, 4) is 0 Å². The van der Waals surface area contributed by atoms with Gasteiger partial charge in [0.25, 0.3) is 0 Å². The zero-order valence-electron chi connectivity index (χ0n) is 12.2. The fraction of sp³-hybridized carbons (Fsp3) is 0.429. The van der Waals surface area contributed by atoms with E-state index in [0.717, 1.165) is 10.6 Å². The van der Waals surface area contributed by atoms with E-state index in [0.29, 0.717) is 5.17 Å². The molecule has 0 aromatic heterocycles. The highest BCUT2D eigenvalue weighted by atomic mass is 32.2. The van der Waals surface area contributed by atoms with Crippen LogP contribution in [-0.2, 0) is 14.6 Å². The van der Waals surface area contributed by atoms with Crippen LogP contribution in [0.15, 0.2) is 34.2 Å². The number of amides is 1. The molecular formula is C14H16N2O3S3. The number of carbonyl (C=O) groups excluding carboxylic acids is 1. The summed E-state index contributed by atoms with van der Waals surface area (Å²) in [6, 6.07) is 7.66. The minimum absolute atomic E-state index is 0.0574. The van der Waals surface area contributed by atoms with Gasteiger partial charge in [0, 0.05) is 17.1 Å². The molecule has 22 heavy (non-hydrogen) atoms. The highest BCUT2D eigenvalue weighted by Gasteiger charge is 2.49. The molecule has 1 amide bonds. The third-order valence-electron chi connectivity index (χ3n) is 3.66. The molecule has 2 aliphatic heterocycles. The molecular weight excluding hydrogens is 340 g/mol. The van der Waals surface area contributed by atoms with Crippen LogP contribution in [0, 0.1) is 0 Å². The monoisotopic (exact) mass is 356 g/mol. The van der Waals surface area contributed by atoms with Gasteiger partial charge in [-0.3, -0.25) is 4.79 Å². The van der Waals surface area contributed by atoms with Gasteiger partial charge in [0.2, 0.25) is 5.91 Å². The smallest absolute Gasteiger partial charge is 0.244 e. The summed E-state index contributed by atoms with van der Waals surface area (Å²) in [5, 5.41) is 0.553. The van der Waals surface area contributed by atoms with Gasteiger partial charge in [0.15, 0.2) is 15.0 Å². The Hall–Kier alpha value is -0.990. The average molecular weight is 356 g/mol. The number of thioether (sulfide) groups is 2. The van der Waals surface area contributed by atoms with Crippen LogP contribution in [0.2, 0.25) is 0 Å². The summed E-state index contributed by atoms with van der Waals surface area (Å²) in [5.41, 5.74) is 0.923. The summed E-state index contributed by atoms with van der Waals surface area (Å²) in [7, 11) is -3.03. The molecule has 2 unspecified atom stereocenters. The lowest BCUT2D eigenvalue weighted by Gasteiger charge is -2.26. The number of amidine groups is 1. The van der Waals surface area contributed by atoms with Gasteiger partial charge in [-0.15, -0.1) is 11.8 Å². The first-order valence-electron chi connectivity index (χ1n) is 6.80. The van der Waals surface area contributed by atoms with E-state index in [4.69, 9.17) is 0 Å². The fourth-order valence-electron chi connectivity index (χ4n) is 2.81. The van der Waals surface area contributed by atoms with E-state index < -0.39 is 9.84 Å². The molecule has 2 heterocycles. The predicted molar refractivity (Wildman–Crippen MR) is 92.6 cm³/mol. The molecule has 2 aliphatic rings. The maximum Gasteiger partial charge on any atom is 0.244 e. The molecule has 1 aromatic rings. The zero-order chi connectivity index (χ0) is 15.9. The van der Waals surface area contributed by atoms with Gasteiger partial charge in [-0.2, -0.15) is 4.99 Å². The summed E-state index contributed by atoms with van der Waals surface area (Å²) >= 11 is 3.00. The van der Waals surface area contributed by atoms with Crippen LogP contribution in [0.3, 0.4) is 0 Å². The number of anilines is 1. The first-order valence-corrected chi connectivity index (χ1v) is 10.7. The standard InChI is InChI=1S/C14H16N2O3S3/c1-9(17)15-14-16(10-5-3-4-6-12(10)20-2)11-7-22(18,19)8-13(11)21-14/h3-6,11,13H,7-8H2,1-2H3. The third kappa shape index (κ3) is 2.91. The second-order valence-corrected chi connectivity index (χ2v) is 9.46. The Morgan fingerprint density at radius 2 is 2.09 bits per heavy atom. The minimum Gasteiger partial charge on any atom is -0.314 e. The van der Waals surface area contributed by atoms with E-state index >= 15 is 0 Å². The van der Waals surface area contributed by atoms with Gasteiger partial charge in [0.05, 0.1) is 23.2 Å². The Balaban J connectivity index is 2.08. The lowest BCUT2D eigenvalue weighted by molar-refractivity contribution is -0.115. The molecule has 1 aromatic carbocycles. The van der Waals surface area contributed by atoms with E-state index in [2.05, 4.69) is 4.99 Å². The van der Waals surface area contributed by atoms with Crippen LogP contribution in [0.5, 0.6) is 0 Å². The van der Waals surface area contributed by atoms with E-state index in [1.165, 1.54) is 18.7 Å². The van der Waals surface area contributed by atoms with Crippen LogP contribution in [0.4, 0.5) is 5.69 Å². The van der Waals surface area contributed by atoms with Crippen LogP contribution >= 0.6 is 23.5 Å². The number of benzene rings is 1. The third-order valence-corrected chi connectivity index (χ3v) is 7.66. The van der Waals surface area contributed by atoms with Crippen LogP contribution in [0.25, 0.3) is 0 Å². The summed E-state index contributed by atoms with van der Waals surface area (Å²) < 4.78 is 23.9. The number of sulfone groups is 1. The van der Waals surface area contributed by atoms with Gasteiger partial charge in [-0.1, -0.05) is 23.9 Å². The highest BCUT2D eigenvalue weighted by molar-refractivity contribution is 8.16. The molecule has 3 rings (SSSR count). The van der Waals surface area contributed by atoms with Gasteiger partial charge >= 0.3 is 0 Å². The Morgan fingerprint density at radius 3 is 2.77 bits per heavy atom. The Morgan fingerprint density at radius 1 is 1.36 bits per heavy atom. The molecule has 0 aliphatic carbocycles. The van der Waals surface area contributed by atoms with Gasteiger partial charge in [-0.05, 0) is 18.4 Å². The van der Waals surface area contributed by atoms with Crippen molar-refractivity contribution >= 4 is 50.1 Å². The normalized spacial score (nSPS) is 28.1. The molecule has 118 valence electrons. The van der Waals surface area contributed by atoms with Crippen molar-refractivity contribution in [1.29, 1.82) is 0 Å². The SMILES string of the molecule is CSc1ccccc1N1C(=NC(C)=O)SC2CS(=O)(=O)CC21. The summed E-state index contributed by atoms with van der Waals surface area (Å²) in [6.45, 7) is 1.41. The van der Waals surface area contributed by atoms with Crippen LogP contribution < -0.4 is 4.90 Å². The number of rotatable bonds is 2. The van der Waals surface area contributed by atoms with Crippen molar-refractivity contribution in [2.24, 2.45) is 4.99 Å². The maximum absolute atomic E-state index is 12.0. The number of nitrogens with zero attached hydrogens (tertiary/aromatic N) is 2.